The van der Waals surface area contributed by atoms with Crippen LogP contribution in [0, 0.1) is 0 Å². The Bertz CT molecular complexity index is 2760. The van der Waals surface area contributed by atoms with E-state index in [0.717, 1.165) is 66.5 Å². The highest BCUT2D eigenvalue weighted by Crippen LogP contribution is 2.49. The maximum atomic E-state index is 6.83. The number of nitrogens with zero attached hydrogens (tertiary/aromatic N) is 2. The van der Waals surface area contributed by atoms with Crippen molar-refractivity contribution < 1.29 is 4.42 Å². The lowest BCUT2D eigenvalue weighted by Crippen LogP contribution is -2.11. The average Bonchev–Trinajstić information content (AvgIpc) is 3.73. The van der Waals surface area contributed by atoms with Gasteiger partial charge in [0.05, 0.1) is 22.1 Å². The van der Waals surface area contributed by atoms with E-state index in [1.807, 2.05) is 6.07 Å². The predicted molar refractivity (Wildman–Crippen MR) is 206 cm³/mol. The van der Waals surface area contributed by atoms with Crippen LogP contribution in [-0.2, 0) is 0 Å². The molecule has 0 saturated heterocycles. The molecule has 8 aromatic carbocycles. The van der Waals surface area contributed by atoms with Crippen LogP contribution >= 0.6 is 0 Å². The summed E-state index contributed by atoms with van der Waals surface area (Å²) in [5.41, 5.74) is 10.8. The Morgan fingerprint density at radius 2 is 1.02 bits per heavy atom. The molecule has 0 bridgehead atoms. The molecule has 10 rings (SSSR count). The molecule has 0 N–H and O–H groups in total. The van der Waals surface area contributed by atoms with Gasteiger partial charge in [0.2, 0.25) is 0 Å². The minimum Gasteiger partial charge on any atom is -0.455 e. The van der Waals surface area contributed by atoms with Gasteiger partial charge in [-0.1, -0.05) is 133 Å². The topological polar surface area (TPSA) is 21.3 Å². The van der Waals surface area contributed by atoms with Gasteiger partial charge in [0.1, 0.15) is 11.2 Å². The zero-order valence-electron chi connectivity index (χ0n) is 26.6. The van der Waals surface area contributed by atoms with Gasteiger partial charge in [-0.2, -0.15) is 0 Å². The van der Waals surface area contributed by atoms with E-state index >= 15 is 0 Å². The Kier molecular flexibility index (Phi) is 6.18. The second-order valence-corrected chi connectivity index (χ2v) is 12.5. The Labute approximate surface area is 283 Å². The van der Waals surface area contributed by atoms with Gasteiger partial charge < -0.3 is 13.9 Å². The fourth-order valence-corrected chi connectivity index (χ4v) is 7.56. The van der Waals surface area contributed by atoms with Gasteiger partial charge in [-0.15, -0.1) is 0 Å². The van der Waals surface area contributed by atoms with Crippen molar-refractivity contribution in [1.82, 2.24) is 4.57 Å². The summed E-state index contributed by atoms with van der Waals surface area (Å²) in [5.74, 6) is 0. The molecule has 49 heavy (non-hydrogen) atoms. The molecule has 0 aliphatic rings. The lowest BCUT2D eigenvalue weighted by Gasteiger charge is -2.27. The van der Waals surface area contributed by atoms with E-state index in [1.165, 1.54) is 21.9 Å². The number of hydrogen-bond donors (Lipinski definition) is 0. The maximum Gasteiger partial charge on any atom is 0.145 e. The first-order valence-electron chi connectivity index (χ1n) is 16.7. The van der Waals surface area contributed by atoms with Crippen molar-refractivity contribution in [2.45, 2.75) is 0 Å². The summed E-state index contributed by atoms with van der Waals surface area (Å²) < 4.78 is 9.29. The summed E-state index contributed by atoms with van der Waals surface area (Å²) in [4.78, 5) is 2.39. The van der Waals surface area contributed by atoms with Gasteiger partial charge in [-0.3, -0.25) is 0 Å². The van der Waals surface area contributed by atoms with Crippen LogP contribution in [0.4, 0.5) is 17.1 Å². The van der Waals surface area contributed by atoms with Crippen LogP contribution < -0.4 is 4.90 Å². The van der Waals surface area contributed by atoms with E-state index in [0.29, 0.717) is 0 Å². The van der Waals surface area contributed by atoms with Crippen LogP contribution in [0.1, 0.15) is 0 Å². The highest BCUT2D eigenvalue weighted by molar-refractivity contribution is 6.30. The molecule has 0 amide bonds. The summed E-state index contributed by atoms with van der Waals surface area (Å²) in [5, 5.41) is 6.87. The molecule has 2 heterocycles. The highest BCUT2D eigenvalue weighted by Gasteiger charge is 2.27. The number of fused-ring (bicyclic) bond motifs is 9. The molecule has 0 fully saturated rings. The summed E-state index contributed by atoms with van der Waals surface area (Å²) in [6, 6.07) is 64.8. The molecule has 0 unspecified atom stereocenters. The standard InChI is InChI=1S/C46H30N2O/c1-4-14-31(15-5-1)32-24-27-36(28-25-32)48-44-37-21-11-10-16-33(37)26-29-39(44)43-45(48)41(30-40-38-22-12-13-23-42(38)49-46(40)43)47(34-17-6-2-7-18-34)35-19-8-3-9-20-35/h1-30H. The number of furan rings is 1. The van der Waals surface area contributed by atoms with Crippen LogP contribution in [0.15, 0.2) is 186 Å². The number of para-hydroxylation sites is 3. The van der Waals surface area contributed by atoms with Gasteiger partial charge in [-0.05, 0) is 65.0 Å². The van der Waals surface area contributed by atoms with Crippen molar-refractivity contribution in [2.75, 3.05) is 4.90 Å². The van der Waals surface area contributed by atoms with E-state index in [1.54, 1.807) is 0 Å². The molecule has 230 valence electrons. The van der Waals surface area contributed by atoms with E-state index in [4.69, 9.17) is 4.42 Å². The molecular formula is C46H30N2O. The zero-order valence-corrected chi connectivity index (χ0v) is 26.6. The largest absolute Gasteiger partial charge is 0.455 e. The number of hydrogen-bond acceptors (Lipinski definition) is 2. The molecule has 0 atom stereocenters. The summed E-state index contributed by atoms with van der Waals surface area (Å²) in [6.45, 7) is 0. The maximum absolute atomic E-state index is 6.83. The molecule has 0 aliphatic carbocycles. The minimum absolute atomic E-state index is 0.885. The zero-order chi connectivity index (χ0) is 32.3. The molecule has 2 aromatic heterocycles. The summed E-state index contributed by atoms with van der Waals surface area (Å²) in [6.07, 6.45) is 0. The SMILES string of the molecule is c1ccc(-c2ccc(-n3c4c(N(c5ccccc5)c5ccccc5)cc5c6ccccc6oc5c4c4ccc5ccccc5c43)cc2)cc1. The van der Waals surface area contributed by atoms with Gasteiger partial charge in [0.15, 0.2) is 0 Å². The molecule has 0 spiro atoms. The minimum atomic E-state index is 0.885. The molecule has 3 heteroatoms. The van der Waals surface area contributed by atoms with E-state index < -0.39 is 0 Å². The lowest BCUT2D eigenvalue weighted by atomic mass is 10.0. The van der Waals surface area contributed by atoms with Gasteiger partial charge in [-0.25, -0.2) is 0 Å². The molecule has 0 saturated carbocycles. The Morgan fingerprint density at radius 1 is 0.429 bits per heavy atom. The van der Waals surface area contributed by atoms with E-state index in [9.17, 15) is 0 Å². The smallest absolute Gasteiger partial charge is 0.145 e. The average molecular weight is 627 g/mol. The fourth-order valence-electron chi connectivity index (χ4n) is 7.56. The third-order valence-corrected chi connectivity index (χ3v) is 9.74. The number of rotatable bonds is 5. The number of anilines is 3. The molecule has 0 radical (unpaired) electrons. The molecule has 10 aromatic rings. The fraction of sp³-hybridized carbons (Fsp3) is 0. The first kappa shape index (κ1) is 27.5. The molecule has 3 nitrogen and oxygen atoms in total. The third kappa shape index (κ3) is 4.29. The van der Waals surface area contributed by atoms with Crippen molar-refractivity contribution in [2.24, 2.45) is 0 Å². The van der Waals surface area contributed by atoms with Gasteiger partial charge in [0.25, 0.3) is 0 Å². The molecule has 0 aliphatic heterocycles. The normalized spacial score (nSPS) is 11.7. The van der Waals surface area contributed by atoms with Crippen molar-refractivity contribution >= 4 is 71.6 Å². The van der Waals surface area contributed by atoms with Crippen LogP contribution in [0.25, 0.3) is 71.3 Å². The van der Waals surface area contributed by atoms with Crippen LogP contribution in [0.2, 0.25) is 0 Å². The highest BCUT2D eigenvalue weighted by atomic mass is 16.3. The first-order valence-corrected chi connectivity index (χ1v) is 16.7. The second kappa shape index (κ2) is 11.0. The van der Waals surface area contributed by atoms with Gasteiger partial charge in [0, 0.05) is 38.6 Å². The number of aromatic nitrogens is 1. The van der Waals surface area contributed by atoms with Gasteiger partial charge >= 0.3 is 0 Å². The van der Waals surface area contributed by atoms with Crippen LogP contribution in [-0.4, -0.2) is 4.57 Å². The predicted octanol–water partition coefficient (Wildman–Crippen LogP) is 13.0. The van der Waals surface area contributed by atoms with Crippen molar-refractivity contribution in [1.29, 1.82) is 0 Å². The third-order valence-electron chi connectivity index (χ3n) is 9.74. The monoisotopic (exact) mass is 626 g/mol. The lowest BCUT2D eigenvalue weighted by molar-refractivity contribution is 0.673. The van der Waals surface area contributed by atoms with E-state index in [2.05, 4.69) is 185 Å². The van der Waals surface area contributed by atoms with Crippen LogP contribution in [0.3, 0.4) is 0 Å². The second-order valence-electron chi connectivity index (χ2n) is 12.5. The van der Waals surface area contributed by atoms with Crippen molar-refractivity contribution in [3.63, 3.8) is 0 Å². The Balaban J connectivity index is 1.41. The number of benzene rings is 8. The quantitative estimate of drug-likeness (QED) is 0.190. The molecular weight excluding hydrogens is 597 g/mol. The Hall–Kier alpha value is -6.58. The summed E-state index contributed by atoms with van der Waals surface area (Å²) in [7, 11) is 0. The van der Waals surface area contributed by atoms with Crippen LogP contribution in [0.5, 0.6) is 0 Å². The van der Waals surface area contributed by atoms with E-state index in [-0.39, 0.29) is 0 Å². The van der Waals surface area contributed by atoms with Crippen molar-refractivity contribution in [3.05, 3.63) is 182 Å². The van der Waals surface area contributed by atoms with Crippen molar-refractivity contribution in [3.8, 4) is 16.8 Å². The Morgan fingerprint density at radius 3 is 1.73 bits per heavy atom. The summed E-state index contributed by atoms with van der Waals surface area (Å²) >= 11 is 0. The first-order chi connectivity index (χ1) is 24.3.